The van der Waals surface area contributed by atoms with Gasteiger partial charge >= 0.3 is 0 Å². The summed E-state index contributed by atoms with van der Waals surface area (Å²) in [5.74, 6) is 0.210. The van der Waals surface area contributed by atoms with Crippen molar-refractivity contribution in [2.75, 3.05) is 0 Å². The molecule has 4 rings (SSSR count). The maximum absolute atomic E-state index is 13.3. The summed E-state index contributed by atoms with van der Waals surface area (Å²) < 4.78 is 1.39. The van der Waals surface area contributed by atoms with E-state index in [2.05, 4.69) is 4.98 Å². The molecule has 0 radical (unpaired) electrons. The van der Waals surface area contributed by atoms with Crippen LogP contribution in [-0.2, 0) is 0 Å². The van der Waals surface area contributed by atoms with Crippen LogP contribution >= 0.6 is 11.6 Å². The highest BCUT2D eigenvalue weighted by Gasteiger charge is 2.23. The minimum Gasteiger partial charge on any atom is -0.268 e. The Balaban J connectivity index is 2.16. The summed E-state index contributed by atoms with van der Waals surface area (Å²) >= 11 is 5.99. The summed E-state index contributed by atoms with van der Waals surface area (Å²) in [7, 11) is 0. The highest BCUT2D eigenvalue weighted by molar-refractivity contribution is 6.30. The van der Waals surface area contributed by atoms with Gasteiger partial charge in [0, 0.05) is 10.6 Å². The van der Waals surface area contributed by atoms with Crippen molar-refractivity contribution in [1.82, 2.24) is 9.55 Å². The van der Waals surface area contributed by atoms with E-state index in [9.17, 15) is 14.9 Å². The molecule has 0 unspecified atom stereocenters. The van der Waals surface area contributed by atoms with Gasteiger partial charge in [-0.15, -0.1) is 0 Å². The Hall–Kier alpha value is -3.51. The first-order valence-electron chi connectivity index (χ1n) is 8.49. The molecule has 3 aromatic carbocycles. The van der Waals surface area contributed by atoms with Crippen LogP contribution in [0, 0.1) is 17.0 Å². The highest BCUT2D eigenvalue weighted by atomic mass is 35.5. The van der Waals surface area contributed by atoms with Crippen molar-refractivity contribution >= 4 is 28.2 Å². The molecule has 6 nitrogen and oxygen atoms in total. The van der Waals surface area contributed by atoms with E-state index in [1.807, 2.05) is 0 Å². The number of aromatic nitrogens is 2. The first kappa shape index (κ1) is 17.9. The molecular weight excluding hydrogens is 378 g/mol. The monoisotopic (exact) mass is 391 g/mol. The van der Waals surface area contributed by atoms with Crippen LogP contribution in [0.2, 0.25) is 5.02 Å². The lowest BCUT2D eigenvalue weighted by Gasteiger charge is -2.14. The van der Waals surface area contributed by atoms with Crippen molar-refractivity contribution in [3.05, 3.63) is 97.8 Å². The van der Waals surface area contributed by atoms with Gasteiger partial charge in [0.05, 0.1) is 27.1 Å². The Kier molecular flexibility index (Phi) is 4.41. The number of nitro groups is 1. The van der Waals surface area contributed by atoms with Crippen LogP contribution in [0.4, 0.5) is 5.69 Å². The van der Waals surface area contributed by atoms with E-state index in [-0.39, 0.29) is 22.6 Å². The summed E-state index contributed by atoms with van der Waals surface area (Å²) in [5, 5.41) is 12.7. The molecule has 7 heteroatoms. The molecule has 0 saturated carbocycles. The topological polar surface area (TPSA) is 78.0 Å². The van der Waals surface area contributed by atoms with Gasteiger partial charge in [0.2, 0.25) is 0 Å². The Morgan fingerprint density at radius 1 is 1.00 bits per heavy atom. The van der Waals surface area contributed by atoms with E-state index < -0.39 is 4.92 Å². The van der Waals surface area contributed by atoms with E-state index in [0.717, 1.165) is 0 Å². The van der Waals surface area contributed by atoms with Gasteiger partial charge in [-0.3, -0.25) is 19.5 Å². The van der Waals surface area contributed by atoms with Gasteiger partial charge < -0.3 is 0 Å². The lowest BCUT2D eigenvalue weighted by atomic mass is 10.1. The molecule has 0 aliphatic heterocycles. The van der Waals surface area contributed by atoms with Crippen LogP contribution in [-0.4, -0.2) is 14.5 Å². The van der Waals surface area contributed by atoms with Crippen molar-refractivity contribution in [2.45, 2.75) is 6.92 Å². The fourth-order valence-electron chi connectivity index (χ4n) is 3.22. The van der Waals surface area contributed by atoms with Crippen LogP contribution in [0.15, 0.2) is 71.5 Å². The first-order valence-corrected chi connectivity index (χ1v) is 8.87. The number of aryl methyl sites for hydroxylation is 1. The standard InChI is InChI=1S/C21H14ClN3O3/c1-13-5-4-7-17(19(13)25(27)28)20-23-18-8-3-2-6-16(18)21(26)24(20)15-11-9-14(22)10-12-15/h2-12H,1H3. The average Bonchev–Trinajstić information content (AvgIpc) is 2.68. The molecule has 0 fully saturated rings. The van der Waals surface area contributed by atoms with E-state index >= 15 is 0 Å². The molecule has 0 saturated heterocycles. The Labute approximate surface area is 164 Å². The van der Waals surface area contributed by atoms with Gasteiger partial charge in [-0.1, -0.05) is 35.9 Å². The van der Waals surface area contributed by atoms with Crippen molar-refractivity contribution in [3.63, 3.8) is 0 Å². The first-order chi connectivity index (χ1) is 13.5. The quantitative estimate of drug-likeness (QED) is 0.366. The highest BCUT2D eigenvalue weighted by Crippen LogP contribution is 2.33. The third kappa shape index (κ3) is 2.93. The molecule has 0 N–H and O–H groups in total. The second kappa shape index (κ2) is 6.90. The number of hydrogen-bond donors (Lipinski definition) is 0. The fraction of sp³-hybridized carbons (Fsp3) is 0.0476. The molecule has 138 valence electrons. The molecule has 0 aliphatic carbocycles. The van der Waals surface area contributed by atoms with Gasteiger partial charge in [0.15, 0.2) is 5.82 Å². The molecule has 1 heterocycles. The molecule has 0 aliphatic rings. The number of rotatable bonds is 3. The molecule has 1 aromatic heterocycles. The second-order valence-electron chi connectivity index (χ2n) is 6.30. The summed E-state index contributed by atoms with van der Waals surface area (Å²) in [6.07, 6.45) is 0. The van der Waals surface area contributed by atoms with Gasteiger partial charge in [-0.2, -0.15) is 0 Å². The maximum atomic E-state index is 13.3. The van der Waals surface area contributed by atoms with E-state index in [1.165, 1.54) is 4.57 Å². The number of halogens is 1. The van der Waals surface area contributed by atoms with E-state index in [0.29, 0.717) is 27.2 Å². The summed E-state index contributed by atoms with van der Waals surface area (Å²) in [5.41, 5.74) is 1.39. The zero-order valence-electron chi connectivity index (χ0n) is 14.8. The third-order valence-corrected chi connectivity index (χ3v) is 4.77. The summed E-state index contributed by atoms with van der Waals surface area (Å²) in [6, 6.07) is 18.6. The summed E-state index contributed by atoms with van der Waals surface area (Å²) in [4.78, 5) is 29.2. The van der Waals surface area contributed by atoms with Crippen LogP contribution in [0.1, 0.15) is 5.56 Å². The summed E-state index contributed by atoms with van der Waals surface area (Å²) in [6.45, 7) is 1.66. The van der Waals surface area contributed by atoms with E-state index in [1.54, 1.807) is 73.7 Å². The lowest BCUT2D eigenvalue weighted by Crippen LogP contribution is -2.22. The third-order valence-electron chi connectivity index (χ3n) is 4.52. The zero-order valence-corrected chi connectivity index (χ0v) is 15.6. The van der Waals surface area contributed by atoms with Crippen LogP contribution in [0.5, 0.6) is 0 Å². The lowest BCUT2D eigenvalue weighted by molar-refractivity contribution is -0.384. The van der Waals surface area contributed by atoms with Gasteiger partial charge in [0.25, 0.3) is 11.2 Å². The maximum Gasteiger partial charge on any atom is 0.283 e. The molecule has 0 amide bonds. The smallest absolute Gasteiger partial charge is 0.268 e. The average molecular weight is 392 g/mol. The minimum atomic E-state index is -0.446. The normalized spacial score (nSPS) is 10.9. The van der Waals surface area contributed by atoms with Crippen LogP contribution in [0.3, 0.4) is 0 Å². The fourth-order valence-corrected chi connectivity index (χ4v) is 3.35. The Morgan fingerprint density at radius 3 is 2.43 bits per heavy atom. The number of fused-ring (bicyclic) bond motifs is 1. The van der Waals surface area contributed by atoms with Gasteiger partial charge in [-0.25, -0.2) is 4.98 Å². The molecule has 0 atom stereocenters. The zero-order chi connectivity index (χ0) is 19.8. The van der Waals surface area contributed by atoms with Crippen molar-refractivity contribution in [2.24, 2.45) is 0 Å². The van der Waals surface area contributed by atoms with Crippen molar-refractivity contribution in [1.29, 1.82) is 0 Å². The van der Waals surface area contributed by atoms with Crippen molar-refractivity contribution in [3.8, 4) is 17.1 Å². The molecule has 4 aromatic rings. The van der Waals surface area contributed by atoms with Crippen LogP contribution in [0.25, 0.3) is 28.0 Å². The number of nitrogens with zero attached hydrogens (tertiary/aromatic N) is 3. The van der Waals surface area contributed by atoms with Gasteiger partial charge in [-0.05, 0) is 49.4 Å². The number of hydrogen-bond acceptors (Lipinski definition) is 4. The predicted octanol–water partition coefficient (Wildman–Crippen LogP) is 4.92. The number of benzene rings is 3. The number of para-hydroxylation sites is 2. The molecule has 0 spiro atoms. The largest absolute Gasteiger partial charge is 0.283 e. The SMILES string of the molecule is Cc1cccc(-c2nc3ccccc3c(=O)n2-c2ccc(Cl)cc2)c1[N+](=O)[O-]. The Morgan fingerprint density at radius 2 is 1.71 bits per heavy atom. The Bertz CT molecular complexity index is 1280. The minimum absolute atomic E-state index is 0.0765. The molecular formula is C21H14ClN3O3. The predicted molar refractivity (Wildman–Crippen MR) is 109 cm³/mol. The van der Waals surface area contributed by atoms with Crippen molar-refractivity contribution < 1.29 is 4.92 Å². The van der Waals surface area contributed by atoms with Crippen LogP contribution < -0.4 is 5.56 Å². The van der Waals surface area contributed by atoms with Gasteiger partial charge in [0.1, 0.15) is 0 Å². The molecule has 0 bridgehead atoms. The number of nitro benzene ring substituents is 1. The second-order valence-corrected chi connectivity index (χ2v) is 6.73. The van der Waals surface area contributed by atoms with E-state index in [4.69, 9.17) is 11.6 Å². The molecule has 28 heavy (non-hydrogen) atoms.